The maximum atomic E-state index is 9.13. The lowest BCUT2D eigenvalue weighted by molar-refractivity contribution is 0.296. The molecule has 1 aliphatic heterocycles. The molecule has 1 aromatic carbocycles. The van der Waals surface area contributed by atoms with E-state index in [9.17, 15) is 0 Å². The predicted octanol–water partition coefficient (Wildman–Crippen LogP) is 3.39. The molecule has 5 heteroatoms. The van der Waals surface area contributed by atoms with Crippen LogP contribution in [0.1, 0.15) is 31.2 Å². The van der Waals surface area contributed by atoms with Crippen molar-refractivity contribution < 1.29 is 9.47 Å². The highest BCUT2D eigenvalue weighted by atomic mass is 79.9. The van der Waals surface area contributed by atoms with Crippen LogP contribution in [0.3, 0.4) is 0 Å². The number of hydrogen-bond acceptors (Lipinski definition) is 4. The second-order valence-corrected chi connectivity index (χ2v) is 6.46. The van der Waals surface area contributed by atoms with E-state index in [1.165, 1.54) is 0 Å². The summed E-state index contributed by atoms with van der Waals surface area (Å²) in [5, 5.41) is 12.6. The second kappa shape index (κ2) is 6.67. The molecule has 0 spiro atoms. The Morgan fingerprint density at radius 2 is 2.10 bits per heavy atom. The highest BCUT2D eigenvalue weighted by molar-refractivity contribution is 9.10. The van der Waals surface area contributed by atoms with Gasteiger partial charge in [0.2, 0.25) is 0 Å². The van der Waals surface area contributed by atoms with Crippen LogP contribution in [0.5, 0.6) is 11.5 Å². The number of nitrogens with one attached hydrogen (secondary N) is 1. The van der Waals surface area contributed by atoms with Gasteiger partial charge in [-0.3, -0.25) is 0 Å². The highest BCUT2D eigenvalue weighted by Gasteiger charge is 2.26. The molecule has 1 N–H and O–H groups in total. The molecule has 2 atom stereocenters. The molecule has 3 rings (SSSR count). The second-order valence-electron chi connectivity index (χ2n) is 5.61. The van der Waals surface area contributed by atoms with Crippen LogP contribution in [0.4, 0.5) is 0 Å². The summed E-state index contributed by atoms with van der Waals surface area (Å²) < 4.78 is 12.4. The third-order valence-corrected chi connectivity index (χ3v) is 4.70. The molecule has 2 aliphatic rings. The molecule has 1 aliphatic carbocycles. The molecule has 0 saturated heterocycles. The lowest BCUT2D eigenvalue weighted by Crippen LogP contribution is -2.31. The van der Waals surface area contributed by atoms with Gasteiger partial charge in [-0.25, -0.2) is 0 Å². The fraction of sp³-hybridized carbons (Fsp3) is 0.562. The van der Waals surface area contributed by atoms with Crippen LogP contribution in [0.2, 0.25) is 0 Å². The van der Waals surface area contributed by atoms with E-state index in [2.05, 4.69) is 33.4 Å². The topological polar surface area (TPSA) is 54.3 Å². The largest absolute Gasteiger partial charge is 0.490 e. The Kier molecular flexibility index (Phi) is 4.67. The lowest BCUT2D eigenvalue weighted by atomic mass is 10.1. The average Bonchev–Trinajstić information content (AvgIpc) is 2.81. The van der Waals surface area contributed by atoms with Crippen molar-refractivity contribution in [3.8, 4) is 17.6 Å². The minimum atomic E-state index is 0.147. The Bertz CT molecular complexity index is 556. The summed E-state index contributed by atoms with van der Waals surface area (Å²) in [6, 6.07) is 6.82. The number of benzene rings is 1. The lowest BCUT2D eigenvalue weighted by Gasteiger charge is -2.17. The van der Waals surface area contributed by atoms with E-state index in [0.29, 0.717) is 19.3 Å². The summed E-state index contributed by atoms with van der Waals surface area (Å²) in [7, 11) is 0. The van der Waals surface area contributed by atoms with E-state index >= 15 is 0 Å². The first kappa shape index (κ1) is 14.7. The van der Waals surface area contributed by atoms with Crippen molar-refractivity contribution in [2.24, 2.45) is 5.92 Å². The van der Waals surface area contributed by atoms with Gasteiger partial charge in [0.25, 0.3) is 0 Å². The summed E-state index contributed by atoms with van der Waals surface area (Å²) >= 11 is 3.56. The van der Waals surface area contributed by atoms with E-state index in [1.807, 2.05) is 6.07 Å². The van der Waals surface area contributed by atoms with Gasteiger partial charge in [-0.1, -0.05) is 6.42 Å². The number of nitriles is 1. The third kappa shape index (κ3) is 3.33. The SMILES string of the molecule is N#CC1CCCC1NCc1cc(Br)c2c(c1)OCCCO2. The van der Waals surface area contributed by atoms with Gasteiger partial charge >= 0.3 is 0 Å². The number of fused-ring (bicyclic) bond motifs is 1. The van der Waals surface area contributed by atoms with Crippen molar-refractivity contribution in [1.82, 2.24) is 5.32 Å². The summed E-state index contributed by atoms with van der Waals surface area (Å²) in [5.74, 6) is 1.75. The van der Waals surface area contributed by atoms with Crippen molar-refractivity contribution in [1.29, 1.82) is 5.26 Å². The Hall–Kier alpha value is -1.25. The zero-order valence-electron chi connectivity index (χ0n) is 11.9. The van der Waals surface area contributed by atoms with Crippen LogP contribution in [0, 0.1) is 17.2 Å². The molecule has 2 unspecified atom stereocenters. The van der Waals surface area contributed by atoms with Gasteiger partial charge in [0.1, 0.15) is 0 Å². The third-order valence-electron chi connectivity index (χ3n) is 4.11. The van der Waals surface area contributed by atoms with Gasteiger partial charge in [0.15, 0.2) is 11.5 Å². The van der Waals surface area contributed by atoms with Gasteiger partial charge < -0.3 is 14.8 Å². The summed E-state index contributed by atoms with van der Waals surface area (Å²) in [6.07, 6.45) is 4.14. The Balaban J connectivity index is 1.70. The van der Waals surface area contributed by atoms with Crippen molar-refractivity contribution in [3.05, 3.63) is 22.2 Å². The molecule has 0 aromatic heterocycles. The van der Waals surface area contributed by atoms with Gasteiger partial charge in [-0.2, -0.15) is 5.26 Å². The number of halogens is 1. The van der Waals surface area contributed by atoms with Crippen molar-refractivity contribution in [3.63, 3.8) is 0 Å². The van der Waals surface area contributed by atoms with Crippen LogP contribution in [-0.2, 0) is 6.54 Å². The number of nitrogens with zero attached hydrogens (tertiary/aromatic N) is 1. The first-order valence-corrected chi connectivity index (χ1v) is 8.28. The highest BCUT2D eigenvalue weighted by Crippen LogP contribution is 2.38. The molecule has 0 radical (unpaired) electrons. The van der Waals surface area contributed by atoms with Crippen LogP contribution in [0.15, 0.2) is 16.6 Å². The van der Waals surface area contributed by atoms with E-state index in [0.717, 1.165) is 53.8 Å². The Morgan fingerprint density at radius 3 is 2.95 bits per heavy atom. The van der Waals surface area contributed by atoms with Crippen LogP contribution in [-0.4, -0.2) is 19.3 Å². The Morgan fingerprint density at radius 1 is 1.24 bits per heavy atom. The molecule has 21 heavy (non-hydrogen) atoms. The summed E-state index contributed by atoms with van der Waals surface area (Å²) in [4.78, 5) is 0. The van der Waals surface area contributed by atoms with Crippen LogP contribution < -0.4 is 14.8 Å². The Labute approximate surface area is 133 Å². The number of rotatable bonds is 3. The van der Waals surface area contributed by atoms with Crippen LogP contribution >= 0.6 is 15.9 Å². The van der Waals surface area contributed by atoms with E-state index in [4.69, 9.17) is 14.7 Å². The molecule has 4 nitrogen and oxygen atoms in total. The summed E-state index contributed by atoms with van der Waals surface area (Å²) in [5.41, 5.74) is 1.15. The monoisotopic (exact) mass is 350 g/mol. The minimum Gasteiger partial charge on any atom is -0.490 e. The molecular weight excluding hydrogens is 332 g/mol. The van der Waals surface area contributed by atoms with Crippen molar-refractivity contribution >= 4 is 15.9 Å². The van der Waals surface area contributed by atoms with Crippen molar-refractivity contribution in [2.45, 2.75) is 38.3 Å². The zero-order chi connectivity index (χ0) is 14.7. The first-order valence-electron chi connectivity index (χ1n) is 7.49. The number of ether oxygens (including phenoxy) is 2. The molecular formula is C16H19BrN2O2. The van der Waals surface area contributed by atoms with Gasteiger partial charge in [-0.05, 0) is 46.5 Å². The van der Waals surface area contributed by atoms with E-state index in [1.54, 1.807) is 0 Å². The molecule has 0 amide bonds. The molecule has 1 fully saturated rings. The normalized spacial score (nSPS) is 24.4. The molecule has 1 heterocycles. The van der Waals surface area contributed by atoms with Gasteiger partial charge in [0, 0.05) is 19.0 Å². The zero-order valence-corrected chi connectivity index (χ0v) is 13.5. The average molecular weight is 351 g/mol. The van der Waals surface area contributed by atoms with E-state index < -0.39 is 0 Å². The number of hydrogen-bond donors (Lipinski definition) is 1. The fourth-order valence-corrected chi connectivity index (χ4v) is 3.60. The molecule has 1 aromatic rings. The maximum absolute atomic E-state index is 9.13. The van der Waals surface area contributed by atoms with Crippen LogP contribution in [0.25, 0.3) is 0 Å². The smallest absolute Gasteiger partial charge is 0.175 e. The minimum absolute atomic E-state index is 0.147. The predicted molar refractivity (Wildman–Crippen MR) is 83.3 cm³/mol. The maximum Gasteiger partial charge on any atom is 0.175 e. The van der Waals surface area contributed by atoms with Gasteiger partial charge in [-0.15, -0.1) is 0 Å². The standard InChI is InChI=1S/C16H19BrN2O2/c17-13-7-11(8-15-16(13)21-6-2-5-20-15)10-19-14-4-1-3-12(14)9-18/h7-8,12,14,19H,1-6,10H2. The quantitative estimate of drug-likeness (QED) is 0.907. The summed E-state index contributed by atoms with van der Waals surface area (Å²) in [6.45, 7) is 2.13. The fourth-order valence-electron chi connectivity index (χ4n) is 2.99. The first-order chi connectivity index (χ1) is 10.3. The molecule has 1 saturated carbocycles. The van der Waals surface area contributed by atoms with Gasteiger partial charge in [0.05, 0.1) is 29.7 Å². The molecule has 112 valence electrons. The van der Waals surface area contributed by atoms with Crippen molar-refractivity contribution in [2.75, 3.05) is 13.2 Å². The molecule has 0 bridgehead atoms. The van der Waals surface area contributed by atoms with E-state index in [-0.39, 0.29) is 5.92 Å².